The van der Waals surface area contributed by atoms with Crippen molar-refractivity contribution in [3.63, 3.8) is 0 Å². The summed E-state index contributed by atoms with van der Waals surface area (Å²) < 4.78 is 5.09. The van der Waals surface area contributed by atoms with Gasteiger partial charge in [-0.3, -0.25) is 4.90 Å². The summed E-state index contributed by atoms with van der Waals surface area (Å²) in [6.45, 7) is 8.48. The minimum atomic E-state index is -0.453. The molecule has 1 fully saturated rings. The number of ether oxygens (including phenoxy) is 1. The Kier molecular flexibility index (Phi) is 6.24. The molecule has 7 heteroatoms. The Hall–Kier alpha value is -2.67. The molecule has 2 N–H and O–H groups in total. The molecule has 0 aliphatic carbocycles. The highest BCUT2D eigenvalue weighted by molar-refractivity contribution is 5.95. The van der Waals surface area contributed by atoms with Crippen LogP contribution in [0.25, 0.3) is 0 Å². The fraction of sp³-hybridized carbons (Fsp3) is 0.450. The van der Waals surface area contributed by atoms with Gasteiger partial charge in [-0.05, 0) is 18.9 Å². The van der Waals surface area contributed by atoms with Crippen LogP contribution in [-0.4, -0.2) is 53.6 Å². The number of benzene rings is 1. The van der Waals surface area contributed by atoms with Crippen molar-refractivity contribution >= 4 is 17.7 Å². The highest BCUT2D eigenvalue weighted by atomic mass is 16.5. The zero-order valence-corrected chi connectivity index (χ0v) is 16.0. The van der Waals surface area contributed by atoms with E-state index in [0.717, 1.165) is 32.7 Å². The quantitative estimate of drug-likeness (QED) is 0.781. The van der Waals surface area contributed by atoms with Crippen molar-refractivity contribution in [2.45, 2.75) is 26.8 Å². The molecule has 0 unspecified atom stereocenters. The van der Waals surface area contributed by atoms with Gasteiger partial charge in [-0.25, -0.2) is 9.78 Å². The number of anilines is 2. The summed E-state index contributed by atoms with van der Waals surface area (Å²) >= 11 is 0. The van der Waals surface area contributed by atoms with Crippen LogP contribution in [0.15, 0.2) is 30.3 Å². The molecular weight excluding hydrogens is 342 g/mol. The van der Waals surface area contributed by atoms with Gasteiger partial charge < -0.3 is 15.4 Å². The maximum absolute atomic E-state index is 12.1. The Bertz CT molecular complexity index is 773. The average molecular weight is 369 g/mol. The molecule has 3 rings (SSSR count). The third-order valence-electron chi connectivity index (χ3n) is 4.72. The fourth-order valence-corrected chi connectivity index (χ4v) is 3.28. The second-order valence-electron chi connectivity index (χ2n) is 6.55. The van der Waals surface area contributed by atoms with Crippen molar-refractivity contribution < 1.29 is 9.53 Å². The first-order chi connectivity index (χ1) is 13.1. The van der Waals surface area contributed by atoms with Crippen LogP contribution in [0, 0.1) is 0 Å². The van der Waals surface area contributed by atoms with Gasteiger partial charge in [-0.2, -0.15) is 4.98 Å². The zero-order valence-electron chi connectivity index (χ0n) is 16.0. The van der Waals surface area contributed by atoms with Gasteiger partial charge in [0.1, 0.15) is 11.4 Å². The van der Waals surface area contributed by atoms with Gasteiger partial charge in [0.05, 0.1) is 12.3 Å². The van der Waals surface area contributed by atoms with Gasteiger partial charge in [0.15, 0.2) is 0 Å². The van der Waals surface area contributed by atoms with E-state index in [1.165, 1.54) is 5.56 Å². The fourth-order valence-electron chi connectivity index (χ4n) is 3.28. The Morgan fingerprint density at radius 3 is 2.44 bits per heavy atom. The Morgan fingerprint density at radius 1 is 1.11 bits per heavy atom. The molecule has 1 aromatic heterocycles. The molecule has 27 heavy (non-hydrogen) atoms. The maximum atomic E-state index is 12.1. The third kappa shape index (κ3) is 4.54. The maximum Gasteiger partial charge on any atom is 0.343 e. The standard InChI is InChI=1S/C20H27N5O2/c1-3-16-17(19(26)27-4-2)18(21)23-20(22-16)25-12-10-24(11-13-25)14-15-8-6-5-7-9-15/h5-9H,3-4,10-14H2,1-2H3,(H2,21,22,23). The number of esters is 1. The number of hydrogen-bond acceptors (Lipinski definition) is 7. The minimum absolute atomic E-state index is 0.196. The number of aromatic nitrogens is 2. The van der Waals surface area contributed by atoms with E-state index in [1.807, 2.05) is 13.0 Å². The summed E-state index contributed by atoms with van der Waals surface area (Å²) in [4.78, 5) is 25.7. The number of hydrogen-bond donors (Lipinski definition) is 1. The lowest BCUT2D eigenvalue weighted by molar-refractivity contribution is 0.0525. The van der Waals surface area contributed by atoms with Crippen LogP contribution in [-0.2, 0) is 17.7 Å². The summed E-state index contributed by atoms with van der Waals surface area (Å²) in [6, 6.07) is 10.5. The lowest BCUT2D eigenvalue weighted by Gasteiger charge is -2.35. The topological polar surface area (TPSA) is 84.6 Å². The largest absolute Gasteiger partial charge is 0.462 e. The number of piperazine rings is 1. The number of rotatable bonds is 6. The summed E-state index contributed by atoms with van der Waals surface area (Å²) in [5.74, 6) is 0.338. The molecule has 1 aliphatic heterocycles. The van der Waals surface area contributed by atoms with Gasteiger partial charge in [0, 0.05) is 32.7 Å². The number of nitrogen functional groups attached to an aromatic ring is 1. The predicted octanol–water partition coefficient (Wildman–Crippen LogP) is 2.12. The number of nitrogens with zero attached hydrogens (tertiary/aromatic N) is 4. The molecule has 2 heterocycles. The van der Waals surface area contributed by atoms with E-state index in [4.69, 9.17) is 10.5 Å². The molecule has 0 atom stereocenters. The number of nitrogens with two attached hydrogens (primary N) is 1. The monoisotopic (exact) mass is 369 g/mol. The molecule has 7 nitrogen and oxygen atoms in total. The van der Waals surface area contributed by atoms with Crippen molar-refractivity contribution in [3.05, 3.63) is 47.2 Å². The second kappa shape index (κ2) is 8.81. The molecule has 0 bridgehead atoms. The van der Waals surface area contributed by atoms with Crippen LogP contribution < -0.4 is 10.6 Å². The number of carbonyl (C=O) groups excluding carboxylic acids is 1. The lowest BCUT2D eigenvalue weighted by Crippen LogP contribution is -2.46. The van der Waals surface area contributed by atoms with E-state index >= 15 is 0 Å². The third-order valence-corrected chi connectivity index (χ3v) is 4.72. The molecule has 0 radical (unpaired) electrons. The number of carbonyl (C=O) groups is 1. The van der Waals surface area contributed by atoms with Gasteiger partial charge >= 0.3 is 5.97 Å². The predicted molar refractivity (Wildman–Crippen MR) is 106 cm³/mol. The van der Waals surface area contributed by atoms with Crippen molar-refractivity contribution in [1.29, 1.82) is 0 Å². The molecule has 1 aliphatic rings. The summed E-state index contributed by atoms with van der Waals surface area (Å²) in [5, 5.41) is 0. The van der Waals surface area contributed by atoms with Crippen LogP contribution >= 0.6 is 0 Å². The normalized spacial score (nSPS) is 15.0. The van der Waals surface area contributed by atoms with Crippen LogP contribution in [0.1, 0.15) is 35.5 Å². The first-order valence-corrected chi connectivity index (χ1v) is 9.47. The van der Waals surface area contributed by atoms with E-state index in [-0.39, 0.29) is 5.82 Å². The summed E-state index contributed by atoms with van der Waals surface area (Å²) in [5.41, 5.74) is 8.33. The SMILES string of the molecule is CCOC(=O)c1c(N)nc(N2CCN(Cc3ccccc3)CC2)nc1CC. The van der Waals surface area contributed by atoms with Gasteiger partial charge in [-0.1, -0.05) is 37.3 Å². The smallest absolute Gasteiger partial charge is 0.343 e. The van der Waals surface area contributed by atoms with Gasteiger partial charge in [0.2, 0.25) is 5.95 Å². The highest BCUT2D eigenvalue weighted by Crippen LogP contribution is 2.21. The second-order valence-corrected chi connectivity index (χ2v) is 6.55. The molecule has 1 saturated heterocycles. The molecule has 0 spiro atoms. The minimum Gasteiger partial charge on any atom is -0.462 e. The van der Waals surface area contributed by atoms with E-state index in [9.17, 15) is 4.79 Å². The van der Waals surface area contributed by atoms with Gasteiger partial charge in [-0.15, -0.1) is 0 Å². The Balaban J connectivity index is 1.69. The number of aryl methyl sites for hydroxylation is 1. The molecule has 144 valence electrons. The molecule has 2 aromatic rings. The van der Waals surface area contributed by atoms with Crippen LogP contribution in [0.5, 0.6) is 0 Å². The summed E-state index contributed by atoms with van der Waals surface area (Å²) in [7, 11) is 0. The van der Waals surface area contributed by atoms with Gasteiger partial charge in [0.25, 0.3) is 0 Å². The average Bonchev–Trinajstić information content (AvgIpc) is 2.68. The van der Waals surface area contributed by atoms with E-state index in [2.05, 4.69) is 44.0 Å². The van der Waals surface area contributed by atoms with Crippen LogP contribution in [0.2, 0.25) is 0 Å². The first kappa shape index (κ1) is 19.1. The zero-order chi connectivity index (χ0) is 19.2. The molecular formula is C20H27N5O2. The molecule has 0 saturated carbocycles. The Labute approximate surface area is 160 Å². The van der Waals surface area contributed by atoms with Crippen LogP contribution in [0.4, 0.5) is 11.8 Å². The van der Waals surface area contributed by atoms with Crippen molar-refractivity contribution in [1.82, 2.24) is 14.9 Å². The highest BCUT2D eigenvalue weighted by Gasteiger charge is 2.24. The first-order valence-electron chi connectivity index (χ1n) is 9.47. The van der Waals surface area contributed by atoms with E-state index in [0.29, 0.717) is 30.2 Å². The Morgan fingerprint density at radius 2 is 1.81 bits per heavy atom. The molecule has 0 amide bonds. The molecule has 1 aromatic carbocycles. The lowest BCUT2D eigenvalue weighted by atomic mass is 10.1. The summed E-state index contributed by atoms with van der Waals surface area (Å²) in [6.07, 6.45) is 0.599. The van der Waals surface area contributed by atoms with Crippen LogP contribution in [0.3, 0.4) is 0 Å². The van der Waals surface area contributed by atoms with Crippen molar-refractivity contribution in [2.75, 3.05) is 43.4 Å². The van der Waals surface area contributed by atoms with E-state index in [1.54, 1.807) is 6.92 Å². The van der Waals surface area contributed by atoms with Crippen molar-refractivity contribution in [3.8, 4) is 0 Å². The van der Waals surface area contributed by atoms with E-state index < -0.39 is 5.97 Å². The van der Waals surface area contributed by atoms with Crippen molar-refractivity contribution in [2.24, 2.45) is 0 Å².